The molecule has 0 bridgehead atoms. The van der Waals surface area contributed by atoms with Gasteiger partial charge in [0.05, 0.1) is 29.5 Å². The maximum Gasteiger partial charge on any atom is 0.0767 e. The molecule has 1 rings (SSSR count). The van der Waals surface area contributed by atoms with E-state index in [2.05, 4.69) is 40.4 Å². The molecule has 1 aromatic heterocycles. The Morgan fingerprint density at radius 2 is 2.21 bits per heavy atom. The summed E-state index contributed by atoms with van der Waals surface area (Å²) in [5.41, 5.74) is 5.05. The van der Waals surface area contributed by atoms with Crippen molar-refractivity contribution in [2.24, 2.45) is 0 Å². The average Bonchev–Trinajstić information content (AvgIpc) is 2.52. The molecule has 0 unspecified atom stereocenters. The lowest BCUT2D eigenvalue weighted by Crippen LogP contribution is -2.15. The maximum atomic E-state index is 4.83. The van der Waals surface area contributed by atoms with E-state index < -0.39 is 0 Å². The van der Waals surface area contributed by atoms with E-state index in [0.717, 1.165) is 28.8 Å². The summed E-state index contributed by atoms with van der Waals surface area (Å²) in [7, 11) is 1.61. The first-order valence-electron chi connectivity index (χ1n) is 4.74. The minimum atomic E-state index is 0.665. The Kier molecular flexibility index (Phi) is 4.57. The summed E-state index contributed by atoms with van der Waals surface area (Å²) in [5.74, 6) is 0. The van der Waals surface area contributed by atoms with Gasteiger partial charge in [-0.1, -0.05) is 6.92 Å². The summed E-state index contributed by atoms with van der Waals surface area (Å²) in [6.07, 6.45) is 0.938. The molecule has 0 spiro atoms. The molecule has 0 saturated carbocycles. The van der Waals surface area contributed by atoms with Crippen LogP contribution in [0.15, 0.2) is 4.47 Å². The van der Waals surface area contributed by atoms with Gasteiger partial charge in [0.1, 0.15) is 0 Å². The molecule has 0 aromatic carbocycles. The van der Waals surface area contributed by atoms with Gasteiger partial charge in [0, 0.05) is 6.54 Å². The summed E-state index contributed by atoms with van der Waals surface area (Å²) in [6.45, 7) is 5.72. The van der Waals surface area contributed by atoms with E-state index in [1.165, 1.54) is 0 Å². The molecule has 4 nitrogen and oxygen atoms in total. The summed E-state index contributed by atoms with van der Waals surface area (Å²) in [6, 6.07) is 0. The predicted molar refractivity (Wildman–Crippen MR) is 58.8 cm³/mol. The first-order valence-corrected chi connectivity index (χ1v) is 5.53. The van der Waals surface area contributed by atoms with E-state index in [1.54, 1.807) is 7.11 Å². The number of hydrogen-bond donors (Lipinski definition) is 1. The molecule has 1 heterocycles. The summed E-state index contributed by atoms with van der Waals surface area (Å²) < 4.78 is 3.07. The van der Waals surface area contributed by atoms with Crippen LogP contribution < -0.4 is 5.48 Å². The van der Waals surface area contributed by atoms with Crippen LogP contribution in [0.5, 0.6) is 0 Å². The molecule has 80 valence electrons. The molecule has 1 aromatic rings. The van der Waals surface area contributed by atoms with Crippen LogP contribution in [0.25, 0.3) is 0 Å². The maximum absolute atomic E-state index is 4.83. The van der Waals surface area contributed by atoms with Crippen LogP contribution in [0.4, 0.5) is 0 Å². The monoisotopic (exact) mass is 261 g/mol. The molecule has 0 aliphatic heterocycles. The first-order chi connectivity index (χ1) is 6.74. The van der Waals surface area contributed by atoms with Crippen molar-refractivity contribution in [3.8, 4) is 0 Å². The van der Waals surface area contributed by atoms with Gasteiger partial charge in [0.2, 0.25) is 0 Å². The Labute approximate surface area is 92.7 Å². The van der Waals surface area contributed by atoms with Crippen LogP contribution in [0.3, 0.4) is 0 Å². The van der Waals surface area contributed by atoms with E-state index in [-0.39, 0.29) is 0 Å². The van der Waals surface area contributed by atoms with E-state index in [1.807, 2.05) is 4.68 Å². The van der Waals surface area contributed by atoms with Gasteiger partial charge in [-0.3, -0.25) is 4.68 Å². The molecule has 0 radical (unpaired) electrons. The van der Waals surface area contributed by atoms with Crippen LogP contribution in [0.1, 0.15) is 25.2 Å². The second kappa shape index (κ2) is 5.48. The quantitative estimate of drug-likeness (QED) is 0.823. The van der Waals surface area contributed by atoms with Crippen LogP contribution in [0.2, 0.25) is 0 Å². The molecular formula is C9H16BrN3O. The number of halogens is 1. The second-order valence-corrected chi connectivity index (χ2v) is 3.69. The molecule has 5 heteroatoms. The van der Waals surface area contributed by atoms with E-state index in [0.29, 0.717) is 6.54 Å². The van der Waals surface area contributed by atoms with Gasteiger partial charge < -0.3 is 4.84 Å². The van der Waals surface area contributed by atoms with Gasteiger partial charge >= 0.3 is 0 Å². The van der Waals surface area contributed by atoms with Crippen LogP contribution in [0, 0.1) is 0 Å². The molecule has 14 heavy (non-hydrogen) atoms. The van der Waals surface area contributed by atoms with E-state index >= 15 is 0 Å². The zero-order chi connectivity index (χ0) is 10.6. The number of hydroxylamine groups is 1. The van der Waals surface area contributed by atoms with Gasteiger partial charge in [-0.05, 0) is 29.3 Å². The second-order valence-electron chi connectivity index (χ2n) is 2.90. The fourth-order valence-electron chi connectivity index (χ4n) is 1.33. The number of aromatic nitrogens is 2. The highest BCUT2D eigenvalue weighted by Gasteiger charge is 2.12. The summed E-state index contributed by atoms with van der Waals surface area (Å²) >= 11 is 3.55. The smallest absolute Gasteiger partial charge is 0.0767 e. The fraction of sp³-hybridized carbons (Fsp3) is 0.667. The van der Waals surface area contributed by atoms with E-state index in [4.69, 9.17) is 4.84 Å². The van der Waals surface area contributed by atoms with E-state index in [9.17, 15) is 0 Å². The zero-order valence-electron chi connectivity index (χ0n) is 8.80. The van der Waals surface area contributed by atoms with Crippen molar-refractivity contribution in [2.45, 2.75) is 33.4 Å². The Bertz CT molecular complexity index is 298. The average molecular weight is 262 g/mol. The van der Waals surface area contributed by atoms with Crippen LogP contribution in [-0.2, 0) is 24.3 Å². The fourth-order valence-corrected chi connectivity index (χ4v) is 2.03. The Morgan fingerprint density at radius 1 is 1.50 bits per heavy atom. The van der Waals surface area contributed by atoms with Gasteiger partial charge in [0.25, 0.3) is 0 Å². The SMILES string of the molecule is CCc1nn(CC)c(CNOC)c1Br. The number of nitrogens with zero attached hydrogens (tertiary/aromatic N) is 2. The molecular weight excluding hydrogens is 246 g/mol. The molecule has 0 amide bonds. The number of nitrogens with one attached hydrogen (secondary N) is 1. The highest BCUT2D eigenvalue weighted by molar-refractivity contribution is 9.10. The lowest BCUT2D eigenvalue weighted by molar-refractivity contribution is 0.0846. The number of aryl methyl sites for hydroxylation is 2. The third-order valence-corrected chi connectivity index (χ3v) is 2.99. The van der Waals surface area contributed by atoms with Crippen LogP contribution >= 0.6 is 15.9 Å². The molecule has 0 aliphatic carbocycles. The minimum Gasteiger partial charge on any atom is -0.305 e. The standard InChI is InChI=1S/C9H16BrN3O/c1-4-7-9(10)8(6-11-14-3)13(5-2)12-7/h11H,4-6H2,1-3H3. The highest BCUT2D eigenvalue weighted by Crippen LogP contribution is 2.21. The van der Waals surface area contributed by atoms with Gasteiger partial charge in [-0.15, -0.1) is 0 Å². The van der Waals surface area contributed by atoms with Crippen molar-refractivity contribution < 1.29 is 4.84 Å². The van der Waals surface area contributed by atoms with Crippen LogP contribution in [-0.4, -0.2) is 16.9 Å². The minimum absolute atomic E-state index is 0.665. The largest absolute Gasteiger partial charge is 0.305 e. The lowest BCUT2D eigenvalue weighted by Gasteiger charge is -2.05. The van der Waals surface area contributed by atoms with Gasteiger partial charge in [-0.2, -0.15) is 10.6 Å². The van der Waals surface area contributed by atoms with Crippen molar-refractivity contribution in [1.82, 2.24) is 15.3 Å². The molecule has 0 saturated heterocycles. The third kappa shape index (κ3) is 2.34. The van der Waals surface area contributed by atoms with Gasteiger partial charge in [0.15, 0.2) is 0 Å². The Balaban J connectivity index is 2.92. The summed E-state index contributed by atoms with van der Waals surface area (Å²) in [5, 5.41) is 4.47. The molecule has 0 aliphatic rings. The zero-order valence-corrected chi connectivity index (χ0v) is 10.4. The topological polar surface area (TPSA) is 39.1 Å². The Hall–Kier alpha value is -0.390. The van der Waals surface area contributed by atoms with Crippen molar-refractivity contribution in [3.05, 3.63) is 15.9 Å². The normalized spacial score (nSPS) is 10.9. The van der Waals surface area contributed by atoms with Gasteiger partial charge in [-0.25, -0.2) is 0 Å². The lowest BCUT2D eigenvalue weighted by atomic mass is 10.3. The molecule has 0 atom stereocenters. The third-order valence-electron chi connectivity index (χ3n) is 2.08. The Morgan fingerprint density at radius 3 is 2.71 bits per heavy atom. The summed E-state index contributed by atoms with van der Waals surface area (Å²) in [4.78, 5) is 4.83. The molecule has 1 N–H and O–H groups in total. The molecule has 0 fully saturated rings. The number of rotatable bonds is 5. The van der Waals surface area contributed by atoms with Crippen molar-refractivity contribution in [3.63, 3.8) is 0 Å². The highest BCUT2D eigenvalue weighted by atomic mass is 79.9. The number of hydrogen-bond acceptors (Lipinski definition) is 3. The van der Waals surface area contributed by atoms with Crippen molar-refractivity contribution in [2.75, 3.05) is 7.11 Å². The van der Waals surface area contributed by atoms with Crippen molar-refractivity contribution in [1.29, 1.82) is 0 Å². The predicted octanol–water partition coefficient (Wildman–Crippen LogP) is 1.88. The first kappa shape index (κ1) is 11.7. The van der Waals surface area contributed by atoms with Crippen molar-refractivity contribution >= 4 is 15.9 Å².